The molecule has 12 heteroatoms. The number of piperidine rings is 2. The van der Waals surface area contributed by atoms with Crippen LogP contribution in [0.2, 0.25) is 0 Å². The Morgan fingerprint density at radius 2 is 1.68 bits per heavy atom. The fraction of sp³-hybridized carbons (Fsp3) is 0.793. The van der Waals surface area contributed by atoms with E-state index in [0.29, 0.717) is 37.1 Å². The minimum absolute atomic E-state index is 0. The smallest absolute Gasteiger partial charge is 0.348 e. The van der Waals surface area contributed by atoms with Crippen LogP contribution in [0.4, 0.5) is 0 Å². The normalized spacial score (nSPS) is 35.2. The highest BCUT2D eigenvalue weighted by Gasteiger charge is 2.65. The first-order chi connectivity index (χ1) is 18.8. The summed E-state index contributed by atoms with van der Waals surface area (Å²) in [5, 5.41) is 9.08. The zero-order valence-electron chi connectivity index (χ0n) is 24.4. The first-order valence-corrected chi connectivity index (χ1v) is 16.2. The lowest BCUT2D eigenvalue weighted by Gasteiger charge is -2.35. The van der Waals surface area contributed by atoms with E-state index in [-0.39, 0.29) is 35.1 Å². The summed E-state index contributed by atoms with van der Waals surface area (Å²) in [4.78, 5) is 39.1. The summed E-state index contributed by atoms with van der Waals surface area (Å²) < 4.78 is 35.9. The van der Waals surface area contributed by atoms with E-state index in [9.17, 15) is 22.8 Å². The van der Waals surface area contributed by atoms with Gasteiger partial charge in [0.05, 0.1) is 24.3 Å². The molecular formula is C29H44ClN3O7S. The number of fused-ring (bicyclic) bond motifs is 6. The molecule has 2 saturated carbocycles. The summed E-state index contributed by atoms with van der Waals surface area (Å²) in [6.07, 6.45) is 6.61. The number of esters is 1. The fourth-order valence-corrected chi connectivity index (χ4v) is 9.12. The van der Waals surface area contributed by atoms with Crippen LogP contribution in [0.5, 0.6) is 0 Å². The zero-order valence-corrected chi connectivity index (χ0v) is 26.0. The second-order valence-corrected chi connectivity index (χ2v) is 14.2. The summed E-state index contributed by atoms with van der Waals surface area (Å²) in [5.74, 6) is 0.739. The number of Topliss-reactive ketones (excluding diaryl/α,β-unsaturated/α-hetero) is 2. The fourth-order valence-electron chi connectivity index (χ4n) is 7.82. The molecular weight excluding hydrogens is 570 g/mol. The van der Waals surface area contributed by atoms with Gasteiger partial charge in [-0.1, -0.05) is 13.8 Å². The molecule has 6 bridgehead atoms. The number of nitriles is 1. The number of rotatable bonds is 4. The van der Waals surface area contributed by atoms with E-state index < -0.39 is 27.3 Å². The van der Waals surface area contributed by atoms with Gasteiger partial charge in [0, 0.05) is 32.0 Å². The lowest BCUT2D eigenvalue weighted by molar-refractivity contribution is -0.138. The molecule has 4 heterocycles. The second-order valence-electron chi connectivity index (χ2n) is 12.7. The SMILES string of the molecule is CC1(C)C2CCC1(CS(=O)(=O)O)C(=O)C2.CCOC(=O)C(C#N)=C1CN2CCCC1C2.Cl.O=C1CN2CCCC1C2. The lowest BCUT2D eigenvalue weighted by atomic mass is 9.70. The maximum absolute atomic E-state index is 11.9. The monoisotopic (exact) mass is 613 g/mol. The van der Waals surface area contributed by atoms with Gasteiger partial charge in [-0.25, -0.2) is 4.79 Å². The average molecular weight is 614 g/mol. The molecule has 0 aromatic heterocycles. The summed E-state index contributed by atoms with van der Waals surface area (Å²) in [5.41, 5.74) is 0.125. The van der Waals surface area contributed by atoms with Crippen molar-refractivity contribution < 1.29 is 32.1 Å². The molecule has 0 aromatic rings. The highest BCUT2D eigenvalue weighted by molar-refractivity contribution is 7.85. The summed E-state index contributed by atoms with van der Waals surface area (Å²) in [6, 6.07) is 2.02. The van der Waals surface area contributed by atoms with Crippen LogP contribution in [0.1, 0.15) is 65.7 Å². The minimum Gasteiger partial charge on any atom is -0.462 e. The topological polar surface area (TPSA) is 145 Å². The predicted octanol–water partition coefficient (Wildman–Crippen LogP) is 3.07. The minimum atomic E-state index is -4.08. The van der Waals surface area contributed by atoms with Crippen molar-refractivity contribution in [3.63, 3.8) is 0 Å². The van der Waals surface area contributed by atoms with Crippen molar-refractivity contribution in [3.8, 4) is 6.07 Å². The van der Waals surface area contributed by atoms with Crippen LogP contribution in [-0.4, -0.2) is 91.9 Å². The third kappa shape index (κ3) is 7.04. The summed E-state index contributed by atoms with van der Waals surface area (Å²) >= 11 is 0. The Morgan fingerprint density at radius 1 is 1.07 bits per heavy atom. The van der Waals surface area contributed by atoms with E-state index in [1.54, 1.807) is 6.92 Å². The van der Waals surface area contributed by atoms with Crippen LogP contribution in [0.3, 0.4) is 0 Å². The molecule has 6 atom stereocenters. The van der Waals surface area contributed by atoms with Crippen LogP contribution in [0, 0.1) is 39.9 Å². The molecule has 6 fully saturated rings. The highest BCUT2D eigenvalue weighted by atomic mass is 35.5. The molecule has 4 aliphatic heterocycles. The highest BCUT2D eigenvalue weighted by Crippen LogP contribution is 2.64. The number of hydrogen-bond donors (Lipinski definition) is 1. The molecule has 0 spiro atoms. The first-order valence-electron chi connectivity index (χ1n) is 14.6. The molecule has 0 amide bonds. The molecule has 0 aromatic carbocycles. The van der Waals surface area contributed by atoms with E-state index >= 15 is 0 Å². The van der Waals surface area contributed by atoms with Crippen LogP contribution in [-0.2, 0) is 29.2 Å². The Balaban J connectivity index is 0.000000173. The Kier molecular flexibility index (Phi) is 10.8. The molecule has 2 aliphatic carbocycles. The number of ketones is 2. The Labute approximate surface area is 250 Å². The third-order valence-corrected chi connectivity index (χ3v) is 11.1. The molecule has 10 nitrogen and oxygen atoms in total. The molecule has 41 heavy (non-hydrogen) atoms. The van der Waals surface area contributed by atoms with Crippen molar-refractivity contribution in [2.45, 2.75) is 65.7 Å². The maximum Gasteiger partial charge on any atom is 0.348 e. The number of carbonyl (C=O) groups excluding carboxylic acids is 3. The molecule has 6 rings (SSSR count). The van der Waals surface area contributed by atoms with Crippen molar-refractivity contribution in [3.05, 3.63) is 11.1 Å². The van der Waals surface area contributed by atoms with E-state index in [1.807, 2.05) is 19.9 Å². The number of hydrogen-bond acceptors (Lipinski definition) is 9. The quantitative estimate of drug-likeness (QED) is 0.217. The van der Waals surface area contributed by atoms with Gasteiger partial charge >= 0.3 is 5.97 Å². The van der Waals surface area contributed by atoms with Gasteiger partial charge in [-0.15, -0.1) is 12.4 Å². The van der Waals surface area contributed by atoms with E-state index in [2.05, 4.69) is 9.80 Å². The number of nitrogens with zero attached hydrogens (tertiary/aromatic N) is 3. The average Bonchev–Trinajstić information content (AvgIpc) is 3.47. The molecule has 230 valence electrons. The van der Waals surface area contributed by atoms with Crippen LogP contribution in [0.25, 0.3) is 0 Å². The van der Waals surface area contributed by atoms with Crippen molar-refractivity contribution in [2.24, 2.45) is 28.6 Å². The molecule has 6 unspecified atom stereocenters. The van der Waals surface area contributed by atoms with Gasteiger partial charge in [0.1, 0.15) is 17.4 Å². The summed E-state index contributed by atoms with van der Waals surface area (Å²) in [6.45, 7) is 11.8. The van der Waals surface area contributed by atoms with Gasteiger partial charge < -0.3 is 4.74 Å². The Hall–Kier alpha value is -1.84. The molecule has 0 radical (unpaired) electrons. The van der Waals surface area contributed by atoms with Crippen molar-refractivity contribution >= 4 is 40.1 Å². The van der Waals surface area contributed by atoms with Crippen LogP contribution in [0.15, 0.2) is 11.1 Å². The van der Waals surface area contributed by atoms with E-state index in [0.717, 1.165) is 70.5 Å². The molecule has 6 aliphatic rings. The summed E-state index contributed by atoms with van der Waals surface area (Å²) in [7, 11) is -4.08. The number of ether oxygens (including phenoxy) is 1. The van der Waals surface area contributed by atoms with Gasteiger partial charge in [0.2, 0.25) is 0 Å². The zero-order chi connectivity index (χ0) is 29.3. The Bertz CT molecular complexity index is 1210. The first kappa shape index (κ1) is 33.7. The third-order valence-electron chi connectivity index (χ3n) is 10.2. The van der Waals surface area contributed by atoms with Gasteiger partial charge in [-0.3, -0.25) is 23.9 Å². The maximum atomic E-state index is 11.9. The number of carbonyl (C=O) groups is 3. The number of halogens is 1. The Morgan fingerprint density at radius 3 is 2.15 bits per heavy atom. The van der Waals surface area contributed by atoms with Gasteiger partial charge in [-0.05, 0) is 81.4 Å². The lowest BCUT2D eigenvalue weighted by Crippen LogP contribution is -2.42. The predicted molar refractivity (Wildman–Crippen MR) is 155 cm³/mol. The van der Waals surface area contributed by atoms with E-state index in [4.69, 9.17) is 14.6 Å². The molecule has 4 saturated heterocycles. The van der Waals surface area contributed by atoms with Crippen molar-refractivity contribution in [1.82, 2.24) is 9.80 Å². The molecule has 1 N–H and O–H groups in total. The van der Waals surface area contributed by atoms with Gasteiger partial charge in [-0.2, -0.15) is 13.7 Å². The van der Waals surface area contributed by atoms with E-state index in [1.165, 1.54) is 6.42 Å². The second kappa shape index (κ2) is 13.2. The van der Waals surface area contributed by atoms with Crippen molar-refractivity contribution in [2.75, 3.05) is 51.6 Å². The van der Waals surface area contributed by atoms with Gasteiger partial charge in [0.15, 0.2) is 5.78 Å². The standard InChI is InChI=1S/C12H16N2O2.C10H16O4S.C7H11NO.ClH/c1-2-16-12(15)10(6-13)11-8-14-5-3-4-9(11)7-14;1-9(2)7-3-4-10(9,8(11)5-7)6-15(12,13)14;9-7-5-8-3-1-2-6(7)4-8;/h9H,2-5,7-8H2,1H3;7H,3-6H2,1-2H3,(H,12,13,14);6H,1-5H2;1H. The van der Waals surface area contributed by atoms with Crippen LogP contribution < -0.4 is 0 Å². The van der Waals surface area contributed by atoms with Crippen LogP contribution >= 0.6 is 12.4 Å². The largest absolute Gasteiger partial charge is 0.462 e. The van der Waals surface area contributed by atoms with Crippen molar-refractivity contribution in [1.29, 1.82) is 5.26 Å². The van der Waals surface area contributed by atoms with Gasteiger partial charge in [0.25, 0.3) is 10.1 Å².